The maximum atomic E-state index is 13.0. The quantitative estimate of drug-likeness (QED) is 0.825. The molecule has 2 atom stereocenters. The van der Waals surface area contributed by atoms with Crippen molar-refractivity contribution in [3.8, 4) is 0 Å². The Morgan fingerprint density at radius 2 is 1.88 bits per heavy atom. The third-order valence-corrected chi connectivity index (χ3v) is 2.82. The molecule has 0 aliphatic rings. The Hall–Kier alpha value is -0.930. The second-order valence-corrected chi connectivity index (χ2v) is 4.58. The van der Waals surface area contributed by atoms with E-state index in [1.165, 1.54) is 12.1 Å². The van der Waals surface area contributed by atoms with E-state index >= 15 is 0 Å². The van der Waals surface area contributed by atoms with Crippen LogP contribution in [0.1, 0.15) is 25.0 Å². The molecule has 1 aromatic rings. The van der Waals surface area contributed by atoms with E-state index < -0.39 is 12.2 Å². The standard InChI is InChI=1S/C13H19FO2/c1-8(2)13(16)12(15)7-10-6-11(14)5-4-9(10)3/h4-6,8,12-13,15-16H,7H2,1-3H3. The Morgan fingerprint density at radius 3 is 2.44 bits per heavy atom. The highest BCUT2D eigenvalue weighted by Gasteiger charge is 2.20. The van der Waals surface area contributed by atoms with Crippen LogP contribution in [-0.2, 0) is 6.42 Å². The van der Waals surface area contributed by atoms with Crippen molar-refractivity contribution in [2.24, 2.45) is 5.92 Å². The fourth-order valence-corrected chi connectivity index (χ4v) is 1.65. The van der Waals surface area contributed by atoms with Crippen LogP contribution >= 0.6 is 0 Å². The summed E-state index contributed by atoms with van der Waals surface area (Å²) in [7, 11) is 0. The number of aliphatic hydroxyl groups is 2. The fourth-order valence-electron chi connectivity index (χ4n) is 1.65. The van der Waals surface area contributed by atoms with Gasteiger partial charge in [-0.1, -0.05) is 19.9 Å². The molecule has 0 aliphatic carbocycles. The molecule has 0 saturated heterocycles. The van der Waals surface area contributed by atoms with Gasteiger partial charge in [0, 0.05) is 6.42 Å². The molecule has 0 aromatic heterocycles. The Balaban J connectivity index is 2.76. The van der Waals surface area contributed by atoms with Crippen molar-refractivity contribution in [2.45, 2.75) is 39.4 Å². The highest BCUT2D eigenvalue weighted by molar-refractivity contribution is 5.27. The van der Waals surface area contributed by atoms with Gasteiger partial charge in [-0.3, -0.25) is 0 Å². The van der Waals surface area contributed by atoms with Gasteiger partial charge >= 0.3 is 0 Å². The first-order chi connectivity index (χ1) is 7.41. The molecule has 3 heteroatoms. The number of aliphatic hydroxyl groups excluding tert-OH is 2. The van der Waals surface area contributed by atoms with E-state index in [1.807, 2.05) is 20.8 Å². The van der Waals surface area contributed by atoms with Crippen LogP contribution in [-0.4, -0.2) is 22.4 Å². The van der Waals surface area contributed by atoms with Crippen LogP contribution in [0.25, 0.3) is 0 Å². The molecule has 0 amide bonds. The smallest absolute Gasteiger partial charge is 0.123 e. The van der Waals surface area contributed by atoms with Crippen molar-refractivity contribution in [1.82, 2.24) is 0 Å². The summed E-state index contributed by atoms with van der Waals surface area (Å²) in [4.78, 5) is 0. The summed E-state index contributed by atoms with van der Waals surface area (Å²) in [6, 6.07) is 4.48. The van der Waals surface area contributed by atoms with Gasteiger partial charge in [-0.15, -0.1) is 0 Å². The second-order valence-electron chi connectivity index (χ2n) is 4.58. The lowest BCUT2D eigenvalue weighted by Crippen LogP contribution is -2.32. The van der Waals surface area contributed by atoms with E-state index in [1.54, 1.807) is 6.07 Å². The van der Waals surface area contributed by atoms with Gasteiger partial charge in [0.25, 0.3) is 0 Å². The van der Waals surface area contributed by atoms with Gasteiger partial charge < -0.3 is 10.2 Å². The number of benzene rings is 1. The molecule has 90 valence electrons. The van der Waals surface area contributed by atoms with Crippen LogP contribution < -0.4 is 0 Å². The predicted octanol–water partition coefficient (Wildman–Crippen LogP) is 2.05. The molecule has 0 radical (unpaired) electrons. The summed E-state index contributed by atoms with van der Waals surface area (Å²) in [5.41, 5.74) is 1.67. The summed E-state index contributed by atoms with van der Waals surface area (Å²) >= 11 is 0. The first kappa shape index (κ1) is 13.1. The van der Waals surface area contributed by atoms with Crippen LogP contribution in [0.3, 0.4) is 0 Å². The molecular weight excluding hydrogens is 207 g/mol. The van der Waals surface area contributed by atoms with Gasteiger partial charge in [0.2, 0.25) is 0 Å². The molecule has 0 aliphatic heterocycles. The lowest BCUT2D eigenvalue weighted by molar-refractivity contribution is -0.00740. The lowest BCUT2D eigenvalue weighted by Gasteiger charge is -2.21. The molecule has 0 fully saturated rings. The van der Waals surface area contributed by atoms with Crippen LogP contribution in [0.2, 0.25) is 0 Å². The maximum Gasteiger partial charge on any atom is 0.123 e. The van der Waals surface area contributed by atoms with E-state index in [-0.39, 0.29) is 18.2 Å². The van der Waals surface area contributed by atoms with Crippen LogP contribution in [0.4, 0.5) is 4.39 Å². The number of hydrogen-bond donors (Lipinski definition) is 2. The van der Waals surface area contributed by atoms with Gasteiger partial charge in [-0.2, -0.15) is 0 Å². The van der Waals surface area contributed by atoms with Gasteiger partial charge in [0.05, 0.1) is 12.2 Å². The van der Waals surface area contributed by atoms with E-state index in [4.69, 9.17) is 0 Å². The van der Waals surface area contributed by atoms with Crippen LogP contribution in [0.15, 0.2) is 18.2 Å². The zero-order valence-corrected chi connectivity index (χ0v) is 9.94. The Labute approximate surface area is 95.7 Å². The summed E-state index contributed by atoms with van der Waals surface area (Å²) in [5, 5.41) is 19.5. The number of hydrogen-bond acceptors (Lipinski definition) is 2. The molecule has 0 bridgehead atoms. The highest BCUT2D eigenvalue weighted by atomic mass is 19.1. The normalized spacial score (nSPS) is 15.2. The summed E-state index contributed by atoms with van der Waals surface area (Å²) < 4.78 is 13.0. The Bertz CT molecular complexity index is 350. The van der Waals surface area contributed by atoms with Crippen molar-refractivity contribution in [1.29, 1.82) is 0 Å². The minimum atomic E-state index is -0.847. The minimum absolute atomic E-state index is 0.0103. The first-order valence-corrected chi connectivity index (χ1v) is 5.53. The van der Waals surface area contributed by atoms with Gasteiger partial charge in [0.15, 0.2) is 0 Å². The third kappa shape index (κ3) is 3.29. The topological polar surface area (TPSA) is 40.5 Å². The average molecular weight is 226 g/mol. The van der Waals surface area contributed by atoms with Crippen LogP contribution in [0, 0.1) is 18.7 Å². The Kier molecular flexibility index (Phi) is 4.44. The largest absolute Gasteiger partial charge is 0.390 e. The highest BCUT2D eigenvalue weighted by Crippen LogP contribution is 2.16. The van der Waals surface area contributed by atoms with Crippen molar-refractivity contribution < 1.29 is 14.6 Å². The van der Waals surface area contributed by atoms with Gasteiger partial charge in [-0.25, -0.2) is 4.39 Å². The molecular formula is C13H19FO2. The molecule has 0 heterocycles. The third-order valence-electron chi connectivity index (χ3n) is 2.82. The van der Waals surface area contributed by atoms with Crippen molar-refractivity contribution in [2.75, 3.05) is 0 Å². The zero-order chi connectivity index (χ0) is 12.3. The summed E-state index contributed by atoms with van der Waals surface area (Å²) in [6.45, 7) is 5.54. The molecule has 2 N–H and O–H groups in total. The van der Waals surface area contributed by atoms with Crippen molar-refractivity contribution >= 4 is 0 Å². The molecule has 0 saturated carbocycles. The zero-order valence-electron chi connectivity index (χ0n) is 9.94. The molecule has 2 unspecified atom stereocenters. The van der Waals surface area contributed by atoms with Crippen LogP contribution in [0.5, 0.6) is 0 Å². The lowest BCUT2D eigenvalue weighted by atomic mass is 9.94. The molecule has 0 spiro atoms. The first-order valence-electron chi connectivity index (χ1n) is 5.53. The van der Waals surface area contributed by atoms with Gasteiger partial charge in [0.1, 0.15) is 5.82 Å². The summed E-state index contributed by atoms with van der Waals surface area (Å²) in [6.07, 6.45) is -1.34. The SMILES string of the molecule is Cc1ccc(F)cc1CC(O)C(O)C(C)C. The van der Waals surface area contributed by atoms with Crippen molar-refractivity contribution in [3.05, 3.63) is 35.1 Å². The second kappa shape index (κ2) is 5.41. The molecule has 1 rings (SSSR count). The number of rotatable bonds is 4. The molecule has 2 nitrogen and oxygen atoms in total. The number of halogens is 1. The predicted molar refractivity (Wildman–Crippen MR) is 61.7 cm³/mol. The minimum Gasteiger partial charge on any atom is -0.390 e. The molecule has 1 aromatic carbocycles. The van der Waals surface area contributed by atoms with Gasteiger partial charge in [-0.05, 0) is 36.1 Å². The van der Waals surface area contributed by atoms with E-state index in [0.29, 0.717) is 0 Å². The van der Waals surface area contributed by atoms with Crippen molar-refractivity contribution in [3.63, 3.8) is 0 Å². The summed E-state index contributed by atoms with van der Waals surface area (Å²) in [5.74, 6) is -0.323. The van der Waals surface area contributed by atoms with E-state index in [9.17, 15) is 14.6 Å². The Morgan fingerprint density at radius 1 is 1.25 bits per heavy atom. The average Bonchev–Trinajstić information content (AvgIpc) is 2.22. The van der Waals surface area contributed by atoms with E-state index in [2.05, 4.69) is 0 Å². The van der Waals surface area contributed by atoms with E-state index in [0.717, 1.165) is 11.1 Å². The monoisotopic (exact) mass is 226 g/mol. The fraction of sp³-hybridized carbons (Fsp3) is 0.538. The maximum absolute atomic E-state index is 13.0. The number of aryl methyl sites for hydroxylation is 1. The molecule has 16 heavy (non-hydrogen) atoms.